The fourth-order valence-corrected chi connectivity index (χ4v) is 2.23. The molecule has 0 saturated heterocycles. The summed E-state index contributed by atoms with van der Waals surface area (Å²) in [5.41, 5.74) is 0. The molecule has 0 aromatic heterocycles. The lowest BCUT2D eigenvalue weighted by molar-refractivity contribution is 0.215. The van der Waals surface area contributed by atoms with Crippen LogP contribution in [0.3, 0.4) is 0 Å². The average Bonchev–Trinajstić information content (AvgIpc) is 2.66. The Bertz CT molecular complexity index is 182. The highest BCUT2D eigenvalue weighted by molar-refractivity contribution is 6.22. The number of nitrogens with zero attached hydrogens (tertiary/aromatic N) is 2. The fourth-order valence-electron chi connectivity index (χ4n) is 2.05. The largest absolute Gasteiger partial charge is 0.298 e. The van der Waals surface area contributed by atoms with Crippen molar-refractivity contribution < 1.29 is 0 Å². The summed E-state index contributed by atoms with van der Waals surface area (Å²) in [7, 11) is 0. The molecule has 0 radical (unpaired) electrons. The van der Waals surface area contributed by atoms with E-state index < -0.39 is 0 Å². The molecule has 3 heteroatoms. The Labute approximate surface area is 85.5 Å². The maximum Gasteiger partial charge on any atom is 0.133 e. The van der Waals surface area contributed by atoms with E-state index in [0.29, 0.717) is 6.04 Å². The Morgan fingerprint density at radius 2 is 2.15 bits per heavy atom. The van der Waals surface area contributed by atoms with Gasteiger partial charge in [0.1, 0.15) is 5.38 Å². The van der Waals surface area contributed by atoms with Crippen LogP contribution in [0.1, 0.15) is 32.6 Å². The van der Waals surface area contributed by atoms with E-state index in [0.717, 1.165) is 13.1 Å². The first-order valence-electron chi connectivity index (χ1n) is 5.05. The Morgan fingerprint density at radius 1 is 1.54 bits per heavy atom. The van der Waals surface area contributed by atoms with Gasteiger partial charge in [-0.3, -0.25) is 4.90 Å². The second-order valence-corrected chi connectivity index (χ2v) is 4.15. The quantitative estimate of drug-likeness (QED) is 0.652. The lowest BCUT2D eigenvalue weighted by Gasteiger charge is -2.27. The predicted octanol–water partition coefficient (Wildman–Crippen LogP) is 2.38. The molecule has 0 aromatic carbocycles. The van der Waals surface area contributed by atoms with Crippen molar-refractivity contribution in [3.8, 4) is 6.07 Å². The molecule has 0 amide bonds. The van der Waals surface area contributed by atoms with Crippen LogP contribution in [0.15, 0.2) is 0 Å². The van der Waals surface area contributed by atoms with Crippen LogP contribution in [-0.4, -0.2) is 29.4 Å². The molecule has 0 spiro atoms. The summed E-state index contributed by atoms with van der Waals surface area (Å²) in [5, 5.41) is 8.27. The van der Waals surface area contributed by atoms with E-state index in [9.17, 15) is 0 Å². The number of hydrogen-bond acceptors (Lipinski definition) is 2. The molecule has 1 rings (SSSR count). The maximum absolute atomic E-state index is 8.61. The van der Waals surface area contributed by atoms with Gasteiger partial charge < -0.3 is 0 Å². The molecule has 1 saturated carbocycles. The molecule has 0 aliphatic heterocycles. The summed E-state index contributed by atoms with van der Waals surface area (Å²) in [4.78, 5) is 2.34. The van der Waals surface area contributed by atoms with Gasteiger partial charge in [0.25, 0.3) is 0 Å². The first kappa shape index (κ1) is 10.8. The van der Waals surface area contributed by atoms with Crippen LogP contribution < -0.4 is 0 Å². The molecule has 1 fully saturated rings. The zero-order chi connectivity index (χ0) is 9.68. The molecule has 1 unspecified atom stereocenters. The number of halogens is 1. The van der Waals surface area contributed by atoms with E-state index in [1.807, 2.05) is 0 Å². The highest BCUT2D eigenvalue weighted by atomic mass is 35.5. The van der Waals surface area contributed by atoms with E-state index >= 15 is 0 Å². The van der Waals surface area contributed by atoms with E-state index in [2.05, 4.69) is 17.9 Å². The Balaban J connectivity index is 2.38. The number of rotatable bonds is 4. The Kier molecular flexibility index (Phi) is 4.55. The molecule has 0 heterocycles. The van der Waals surface area contributed by atoms with Gasteiger partial charge in [0.2, 0.25) is 0 Å². The van der Waals surface area contributed by atoms with Crippen molar-refractivity contribution >= 4 is 11.6 Å². The third-order valence-electron chi connectivity index (χ3n) is 2.78. The van der Waals surface area contributed by atoms with Crippen LogP contribution in [0.4, 0.5) is 0 Å². The highest BCUT2D eigenvalue weighted by Gasteiger charge is 2.22. The van der Waals surface area contributed by atoms with Gasteiger partial charge >= 0.3 is 0 Å². The molecule has 1 aliphatic carbocycles. The minimum absolute atomic E-state index is 0.347. The lowest BCUT2D eigenvalue weighted by Crippen LogP contribution is -2.37. The van der Waals surface area contributed by atoms with Crippen molar-refractivity contribution in [2.45, 2.75) is 44.0 Å². The fraction of sp³-hybridized carbons (Fsp3) is 0.900. The molecular weight excluding hydrogens is 184 g/mol. The summed E-state index contributed by atoms with van der Waals surface area (Å²) in [6, 6.07) is 2.76. The second-order valence-electron chi connectivity index (χ2n) is 3.62. The van der Waals surface area contributed by atoms with Crippen LogP contribution in [0.25, 0.3) is 0 Å². The van der Waals surface area contributed by atoms with Crippen LogP contribution in [0.5, 0.6) is 0 Å². The van der Waals surface area contributed by atoms with Crippen molar-refractivity contribution in [3.05, 3.63) is 0 Å². The number of hydrogen-bond donors (Lipinski definition) is 0. The maximum atomic E-state index is 8.61. The zero-order valence-electron chi connectivity index (χ0n) is 8.17. The van der Waals surface area contributed by atoms with Gasteiger partial charge in [0, 0.05) is 12.6 Å². The number of alkyl halides is 1. The summed E-state index contributed by atoms with van der Waals surface area (Å²) in [6.45, 7) is 3.87. The lowest BCUT2D eigenvalue weighted by atomic mass is 10.2. The van der Waals surface area contributed by atoms with Gasteiger partial charge in [-0.2, -0.15) is 5.26 Å². The van der Waals surface area contributed by atoms with Crippen molar-refractivity contribution in [1.29, 1.82) is 5.26 Å². The topological polar surface area (TPSA) is 27.0 Å². The van der Waals surface area contributed by atoms with Crippen molar-refractivity contribution in [2.75, 3.05) is 13.1 Å². The second kappa shape index (κ2) is 5.47. The van der Waals surface area contributed by atoms with Crippen molar-refractivity contribution in [1.82, 2.24) is 4.90 Å². The first-order valence-corrected chi connectivity index (χ1v) is 5.49. The van der Waals surface area contributed by atoms with Crippen LogP contribution in [-0.2, 0) is 0 Å². The monoisotopic (exact) mass is 200 g/mol. The van der Waals surface area contributed by atoms with Gasteiger partial charge in [-0.05, 0) is 19.4 Å². The van der Waals surface area contributed by atoms with Crippen LogP contribution >= 0.6 is 11.6 Å². The third-order valence-corrected chi connectivity index (χ3v) is 3.02. The summed E-state index contributed by atoms with van der Waals surface area (Å²) < 4.78 is 0. The molecular formula is C10H17ClN2. The number of nitriles is 1. The summed E-state index contributed by atoms with van der Waals surface area (Å²) in [6.07, 6.45) is 5.23. The van der Waals surface area contributed by atoms with Crippen LogP contribution in [0.2, 0.25) is 0 Å². The minimum Gasteiger partial charge on any atom is -0.298 e. The zero-order valence-corrected chi connectivity index (χ0v) is 8.93. The van der Waals surface area contributed by atoms with E-state index in [-0.39, 0.29) is 5.38 Å². The first-order chi connectivity index (χ1) is 6.27. The molecule has 74 valence electrons. The highest BCUT2D eigenvalue weighted by Crippen LogP contribution is 2.23. The molecule has 0 bridgehead atoms. The Morgan fingerprint density at radius 3 is 2.62 bits per heavy atom. The Hall–Kier alpha value is -0.260. The van der Waals surface area contributed by atoms with E-state index in [4.69, 9.17) is 16.9 Å². The molecule has 2 nitrogen and oxygen atoms in total. The van der Waals surface area contributed by atoms with Crippen molar-refractivity contribution in [2.24, 2.45) is 0 Å². The molecule has 1 aliphatic rings. The van der Waals surface area contributed by atoms with Crippen molar-refractivity contribution in [3.63, 3.8) is 0 Å². The minimum atomic E-state index is -0.347. The van der Waals surface area contributed by atoms with Crippen LogP contribution in [0, 0.1) is 11.3 Å². The van der Waals surface area contributed by atoms with Gasteiger partial charge in [0.05, 0.1) is 6.07 Å². The molecule has 1 atom stereocenters. The smallest absolute Gasteiger partial charge is 0.133 e. The van der Waals surface area contributed by atoms with E-state index in [1.54, 1.807) is 0 Å². The molecule has 0 N–H and O–H groups in total. The summed E-state index contributed by atoms with van der Waals surface area (Å²) in [5.74, 6) is 0. The normalized spacial score (nSPS) is 20.5. The van der Waals surface area contributed by atoms with Gasteiger partial charge in [-0.1, -0.05) is 19.8 Å². The predicted molar refractivity (Wildman–Crippen MR) is 54.8 cm³/mol. The summed E-state index contributed by atoms with van der Waals surface area (Å²) >= 11 is 5.81. The standard InChI is InChI=1S/C10H17ClN2/c1-2-13(8-9(11)7-12)10-5-3-4-6-10/h9-10H,2-6,8H2,1H3. The van der Waals surface area contributed by atoms with Gasteiger partial charge in [-0.15, -0.1) is 11.6 Å². The molecule has 13 heavy (non-hydrogen) atoms. The third kappa shape index (κ3) is 3.17. The van der Waals surface area contributed by atoms with E-state index in [1.165, 1.54) is 25.7 Å². The molecule has 0 aromatic rings. The van der Waals surface area contributed by atoms with Gasteiger partial charge in [-0.25, -0.2) is 0 Å². The SMILES string of the molecule is CCN(CC(Cl)C#N)C1CCCC1. The average molecular weight is 201 g/mol. The van der Waals surface area contributed by atoms with Gasteiger partial charge in [0.15, 0.2) is 0 Å².